The zero-order valence-electron chi connectivity index (χ0n) is 13.2. The molecule has 0 unspecified atom stereocenters. The van der Waals surface area contributed by atoms with Gasteiger partial charge in [-0.2, -0.15) is 0 Å². The van der Waals surface area contributed by atoms with Crippen molar-refractivity contribution in [2.24, 2.45) is 0 Å². The van der Waals surface area contributed by atoms with Crippen LogP contribution in [0.5, 0.6) is 0 Å². The third-order valence-corrected chi connectivity index (χ3v) is 5.24. The number of hydrogen-bond donors (Lipinski definition) is 1. The van der Waals surface area contributed by atoms with Crippen molar-refractivity contribution in [3.63, 3.8) is 0 Å². The fourth-order valence-electron chi connectivity index (χ4n) is 1.87. The van der Waals surface area contributed by atoms with Crippen LogP contribution < -0.4 is 5.32 Å². The first kappa shape index (κ1) is 18.2. The summed E-state index contributed by atoms with van der Waals surface area (Å²) in [6, 6.07) is 13.1. The van der Waals surface area contributed by atoms with Crippen LogP contribution in [0.2, 0.25) is 5.02 Å². The summed E-state index contributed by atoms with van der Waals surface area (Å²) >= 11 is 5.80. The molecule has 0 heterocycles. The molecule has 0 saturated carbocycles. The van der Waals surface area contributed by atoms with Crippen molar-refractivity contribution in [1.82, 2.24) is 4.31 Å². The SMILES string of the molecule is CN(C)S(=O)(=O)c1cccc(NC(=O)/C=C/c2ccc(Cl)cc2)c1. The lowest BCUT2D eigenvalue weighted by molar-refractivity contribution is -0.111. The molecule has 2 aromatic rings. The molecule has 1 N–H and O–H groups in total. The second-order valence-corrected chi connectivity index (χ2v) is 7.78. The molecule has 1 amide bonds. The van der Waals surface area contributed by atoms with E-state index in [1.165, 1.54) is 32.3 Å². The van der Waals surface area contributed by atoms with Crippen molar-refractivity contribution in [3.8, 4) is 0 Å². The van der Waals surface area contributed by atoms with Crippen molar-refractivity contribution in [2.75, 3.05) is 19.4 Å². The number of halogens is 1. The van der Waals surface area contributed by atoms with Crippen LogP contribution >= 0.6 is 11.6 Å². The third kappa shape index (κ3) is 4.67. The first-order chi connectivity index (χ1) is 11.3. The zero-order valence-corrected chi connectivity index (χ0v) is 14.8. The summed E-state index contributed by atoms with van der Waals surface area (Å²) in [5.74, 6) is -0.357. The van der Waals surface area contributed by atoms with Gasteiger partial charge < -0.3 is 5.32 Å². The lowest BCUT2D eigenvalue weighted by atomic mass is 10.2. The number of benzene rings is 2. The van der Waals surface area contributed by atoms with E-state index in [4.69, 9.17) is 11.6 Å². The molecular formula is C17H17ClN2O3S. The minimum Gasteiger partial charge on any atom is -0.322 e. The van der Waals surface area contributed by atoms with Crippen LogP contribution in [0.25, 0.3) is 6.08 Å². The molecule has 5 nitrogen and oxygen atoms in total. The predicted octanol–water partition coefficient (Wildman–Crippen LogP) is 3.24. The second-order valence-electron chi connectivity index (χ2n) is 5.19. The molecule has 24 heavy (non-hydrogen) atoms. The Labute approximate surface area is 146 Å². The van der Waals surface area contributed by atoms with Crippen LogP contribution in [0.1, 0.15) is 5.56 Å². The fourth-order valence-corrected chi connectivity index (χ4v) is 2.95. The van der Waals surface area contributed by atoms with Gasteiger partial charge in [0.2, 0.25) is 15.9 Å². The second kappa shape index (κ2) is 7.61. The number of nitrogens with one attached hydrogen (secondary N) is 1. The average molecular weight is 365 g/mol. The molecule has 126 valence electrons. The Kier molecular flexibility index (Phi) is 5.77. The zero-order chi connectivity index (χ0) is 17.7. The van der Waals surface area contributed by atoms with E-state index in [0.717, 1.165) is 9.87 Å². The molecule has 0 bridgehead atoms. The maximum absolute atomic E-state index is 12.1. The van der Waals surface area contributed by atoms with Crippen molar-refractivity contribution < 1.29 is 13.2 Å². The van der Waals surface area contributed by atoms with Gasteiger partial charge in [-0.1, -0.05) is 29.8 Å². The molecular weight excluding hydrogens is 348 g/mol. The first-order valence-electron chi connectivity index (χ1n) is 7.06. The minimum atomic E-state index is -3.54. The van der Waals surface area contributed by atoms with Gasteiger partial charge in [-0.25, -0.2) is 12.7 Å². The number of hydrogen-bond acceptors (Lipinski definition) is 3. The van der Waals surface area contributed by atoms with Gasteiger partial charge in [-0.3, -0.25) is 4.79 Å². The normalized spacial score (nSPS) is 11.8. The maximum Gasteiger partial charge on any atom is 0.248 e. The number of nitrogens with zero attached hydrogens (tertiary/aromatic N) is 1. The lowest BCUT2D eigenvalue weighted by Gasteiger charge is -2.12. The molecule has 0 radical (unpaired) electrons. The van der Waals surface area contributed by atoms with E-state index in [9.17, 15) is 13.2 Å². The summed E-state index contributed by atoms with van der Waals surface area (Å²) in [7, 11) is -0.635. The van der Waals surface area contributed by atoms with E-state index >= 15 is 0 Å². The smallest absolute Gasteiger partial charge is 0.248 e. The monoisotopic (exact) mass is 364 g/mol. The Morgan fingerprint density at radius 1 is 1.12 bits per heavy atom. The van der Waals surface area contributed by atoms with Crippen molar-refractivity contribution in [1.29, 1.82) is 0 Å². The van der Waals surface area contributed by atoms with Crippen LogP contribution in [0.15, 0.2) is 59.5 Å². The molecule has 2 rings (SSSR count). The van der Waals surface area contributed by atoms with E-state index in [0.29, 0.717) is 10.7 Å². The molecule has 0 aliphatic rings. The molecule has 7 heteroatoms. The number of carbonyl (C=O) groups is 1. The molecule has 0 fully saturated rings. The molecule has 0 atom stereocenters. The van der Waals surface area contributed by atoms with E-state index in [2.05, 4.69) is 5.32 Å². The summed E-state index contributed by atoms with van der Waals surface area (Å²) in [5.41, 5.74) is 1.24. The Hall–Kier alpha value is -2.15. The van der Waals surface area contributed by atoms with E-state index in [1.54, 1.807) is 42.5 Å². The Morgan fingerprint density at radius 2 is 1.79 bits per heavy atom. The van der Waals surface area contributed by atoms with Crippen molar-refractivity contribution in [2.45, 2.75) is 4.90 Å². The van der Waals surface area contributed by atoms with Crippen LogP contribution in [-0.4, -0.2) is 32.7 Å². The highest BCUT2D eigenvalue weighted by Gasteiger charge is 2.17. The van der Waals surface area contributed by atoms with Crippen LogP contribution in [0.3, 0.4) is 0 Å². The van der Waals surface area contributed by atoms with Gasteiger partial charge in [-0.05, 0) is 42.0 Å². The number of amides is 1. The van der Waals surface area contributed by atoms with Gasteiger partial charge >= 0.3 is 0 Å². The first-order valence-corrected chi connectivity index (χ1v) is 8.88. The summed E-state index contributed by atoms with van der Waals surface area (Å²) < 4.78 is 25.3. The fraction of sp³-hybridized carbons (Fsp3) is 0.118. The van der Waals surface area contributed by atoms with E-state index < -0.39 is 10.0 Å². The summed E-state index contributed by atoms with van der Waals surface area (Å²) in [4.78, 5) is 12.1. The maximum atomic E-state index is 12.1. The topological polar surface area (TPSA) is 66.5 Å². The van der Waals surface area contributed by atoms with Gasteiger partial charge in [0, 0.05) is 30.9 Å². The van der Waals surface area contributed by atoms with Crippen LogP contribution in [-0.2, 0) is 14.8 Å². The predicted molar refractivity (Wildman–Crippen MR) is 96.4 cm³/mol. The highest BCUT2D eigenvalue weighted by Crippen LogP contribution is 2.18. The summed E-state index contributed by atoms with van der Waals surface area (Å²) in [5, 5.41) is 3.26. The quantitative estimate of drug-likeness (QED) is 0.828. The Morgan fingerprint density at radius 3 is 2.42 bits per heavy atom. The molecule has 0 aromatic heterocycles. The van der Waals surface area contributed by atoms with Crippen molar-refractivity contribution in [3.05, 3.63) is 65.2 Å². The Balaban J connectivity index is 2.11. The molecule has 0 saturated heterocycles. The molecule has 0 spiro atoms. The van der Waals surface area contributed by atoms with Crippen LogP contribution in [0, 0.1) is 0 Å². The van der Waals surface area contributed by atoms with E-state index in [1.807, 2.05) is 0 Å². The standard InChI is InChI=1S/C17H17ClN2O3S/c1-20(2)24(22,23)16-5-3-4-15(12-16)19-17(21)11-8-13-6-9-14(18)10-7-13/h3-12H,1-2H3,(H,19,21)/b11-8+. The molecule has 2 aromatic carbocycles. The summed E-state index contributed by atoms with van der Waals surface area (Å²) in [6.07, 6.45) is 3.02. The third-order valence-electron chi connectivity index (χ3n) is 3.18. The summed E-state index contributed by atoms with van der Waals surface area (Å²) in [6.45, 7) is 0. The van der Waals surface area contributed by atoms with Gasteiger partial charge in [0.05, 0.1) is 4.90 Å². The number of anilines is 1. The van der Waals surface area contributed by atoms with Gasteiger partial charge in [-0.15, -0.1) is 0 Å². The number of carbonyl (C=O) groups excluding carboxylic acids is 1. The number of sulfonamides is 1. The van der Waals surface area contributed by atoms with Gasteiger partial charge in [0.1, 0.15) is 0 Å². The number of rotatable bonds is 5. The van der Waals surface area contributed by atoms with Crippen LogP contribution in [0.4, 0.5) is 5.69 Å². The highest BCUT2D eigenvalue weighted by atomic mass is 35.5. The highest BCUT2D eigenvalue weighted by molar-refractivity contribution is 7.89. The van der Waals surface area contributed by atoms with E-state index in [-0.39, 0.29) is 10.8 Å². The van der Waals surface area contributed by atoms with Crippen molar-refractivity contribution >= 4 is 39.3 Å². The molecule has 0 aliphatic carbocycles. The lowest BCUT2D eigenvalue weighted by Crippen LogP contribution is -2.22. The average Bonchev–Trinajstić information content (AvgIpc) is 2.54. The van der Waals surface area contributed by atoms with Gasteiger partial charge in [0.15, 0.2) is 0 Å². The molecule has 0 aliphatic heterocycles. The Bertz CT molecular complexity index is 860. The minimum absolute atomic E-state index is 0.118. The van der Waals surface area contributed by atoms with Gasteiger partial charge in [0.25, 0.3) is 0 Å². The largest absolute Gasteiger partial charge is 0.322 e.